The van der Waals surface area contributed by atoms with Crippen LogP contribution in [0.25, 0.3) is 6.08 Å². The lowest BCUT2D eigenvalue weighted by molar-refractivity contribution is -0.137. The Morgan fingerprint density at radius 2 is 1.65 bits per heavy atom. The fourth-order valence-electron chi connectivity index (χ4n) is 3.28. The first-order valence-electron chi connectivity index (χ1n) is 10.5. The molecule has 0 bridgehead atoms. The molecule has 0 saturated heterocycles. The Kier molecular flexibility index (Phi) is 7.66. The van der Waals surface area contributed by atoms with Gasteiger partial charge in [-0.1, -0.05) is 52.8 Å². The largest absolute Gasteiger partial charge is 0.507 e. The van der Waals surface area contributed by atoms with E-state index in [1.165, 1.54) is 6.08 Å². The van der Waals surface area contributed by atoms with E-state index < -0.39 is 11.4 Å². The van der Waals surface area contributed by atoms with Crippen LogP contribution in [0.3, 0.4) is 0 Å². The Labute approximate surface area is 185 Å². The van der Waals surface area contributed by atoms with Gasteiger partial charge in [-0.3, -0.25) is 4.79 Å². The van der Waals surface area contributed by atoms with Crippen LogP contribution in [-0.4, -0.2) is 30.1 Å². The lowest BCUT2D eigenvalue weighted by atomic mass is 9.77. The molecule has 0 unspecified atom stereocenters. The molecule has 31 heavy (non-hydrogen) atoms. The molecule has 0 atom stereocenters. The third kappa shape index (κ3) is 6.45. The maximum atomic E-state index is 12.5. The number of rotatable bonds is 7. The van der Waals surface area contributed by atoms with Gasteiger partial charge in [-0.05, 0) is 48.2 Å². The van der Waals surface area contributed by atoms with Crippen molar-refractivity contribution < 1.29 is 19.4 Å². The first-order chi connectivity index (χ1) is 14.5. The van der Waals surface area contributed by atoms with Gasteiger partial charge in [0.15, 0.2) is 0 Å². The zero-order chi connectivity index (χ0) is 23.2. The second-order valence-electron chi connectivity index (χ2n) is 9.23. The molecule has 0 aliphatic carbocycles. The van der Waals surface area contributed by atoms with Gasteiger partial charge in [-0.15, -0.1) is 0 Å². The molecule has 5 nitrogen and oxygen atoms in total. The second kappa shape index (κ2) is 9.82. The predicted molar refractivity (Wildman–Crippen MR) is 124 cm³/mol. The fourth-order valence-corrected chi connectivity index (χ4v) is 3.28. The van der Waals surface area contributed by atoms with Gasteiger partial charge in [0.1, 0.15) is 5.75 Å². The van der Waals surface area contributed by atoms with Gasteiger partial charge in [0.05, 0.1) is 6.61 Å². The van der Waals surface area contributed by atoms with Crippen molar-refractivity contribution in [2.75, 3.05) is 13.2 Å². The highest BCUT2D eigenvalue weighted by Crippen LogP contribution is 2.40. The first-order valence-corrected chi connectivity index (χ1v) is 10.5. The molecule has 2 rings (SSSR count). The Bertz CT molecular complexity index is 953. The molecule has 0 spiro atoms. The Morgan fingerprint density at radius 1 is 1.03 bits per heavy atom. The van der Waals surface area contributed by atoms with Crippen LogP contribution in [0.5, 0.6) is 5.75 Å². The number of amides is 1. The molecule has 0 aliphatic heterocycles. The van der Waals surface area contributed by atoms with Crippen LogP contribution in [0, 0.1) is 0 Å². The number of phenols is 1. The highest BCUT2D eigenvalue weighted by molar-refractivity contribution is 5.94. The summed E-state index contributed by atoms with van der Waals surface area (Å²) in [5.41, 5.74) is 1.99. The topological polar surface area (TPSA) is 75.6 Å². The molecule has 1 amide bonds. The maximum Gasteiger partial charge on any atom is 0.330 e. The quantitative estimate of drug-likeness (QED) is 0.487. The Balaban J connectivity index is 2.38. The van der Waals surface area contributed by atoms with Crippen LogP contribution in [0.4, 0.5) is 0 Å². The van der Waals surface area contributed by atoms with Crippen molar-refractivity contribution in [3.63, 3.8) is 0 Å². The number of hydrogen-bond acceptors (Lipinski definition) is 4. The van der Waals surface area contributed by atoms with Crippen LogP contribution < -0.4 is 5.32 Å². The monoisotopic (exact) mass is 423 g/mol. The van der Waals surface area contributed by atoms with Crippen molar-refractivity contribution in [1.29, 1.82) is 0 Å². The molecule has 0 saturated carbocycles. The summed E-state index contributed by atoms with van der Waals surface area (Å²) in [6.07, 6.45) is 3.07. The minimum atomic E-state index is -0.553. The summed E-state index contributed by atoms with van der Waals surface area (Å²) in [6.45, 7) is 12.4. The third-order valence-electron chi connectivity index (χ3n) is 5.09. The number of aromatic hydroxyl groups is 1. The van der Waals surface area contributed by atoms with Gasteiger partial charge in [-0.2, -0.15) is 0 Å². The van der Waals surface area contributed by atoms with Gasteiger partial charge >= 0.3 is 5.97 Å². The summed E-state index contributed by atoms with van der Waals surface area (Å²) in [4.78, 5) is 24.3. The molecule has 0 aromatic heterocycles. The molecule has 2 aromatic carbocycles. The van der Waals surface area contributed by atoms with Crippen LogP contribution >= 0.6 is 0 Å². The zero-order valence-electron chi connectivity index (χ0n) is 19.3. The highest BCUT2D eigenvalue weighted by Gasteiger charge is 2.29. The molecule has 0 fully saturated rings. The minimum Gasteiger partial charge on any atom is -0.507 e. The van der Waals surface area contributed by atoms with Gasteiger partial charge in [0.2, 0.25) is 0 Å². The molecule has 166 valence electrons. The Hall–Kier alpha value is -3.08. The molecular weight excluding hydrogens is 390 g/mol. The molecule has 2 aromatic rings. The minimum absolute atomic E-state index is 0.164. The molecule has 5 heteroatoms. The summed E-state index contributed by atoms with van der Waals surface area (Å²) in [7, 11) is 0. The molecular formula is C26H33NO4. The van der Waals surface area contributed by atoms with E-state index in [1.54, 1.807) is 25.1 Å². The molecule has 0 aliphatic rings. The average Bonchev–Trinajstić information content (AvgIpc) is 2.71. The smallest absolute Gasteiger partial charge is 0.330 e. The number of phenolic OH excluding ortho intramolecular Hbond substituents is 1. The van der Waals surface area contributed by atoms with E-state index in [2.05, 4.69) is 5.32 Å². The van der Waals surface area contributed by atoms with Crippen molar-refractivity contribution in [3.8, 4) is 5.75 Å². The second-order valence-corrected chi connectivity index (χ2v) is 9.23. The summed E-state index contributed by atoms with van der Waals surface area (Å²) in [5.74, 6) is -0.369. The van der Waals surface area contributed by atoms with Crippen LogP contribution in [-0.2, 0) is 20.4 Å². The normalized spacial score (nSPS) is 12.1. The number of benzene rings is 2. The lowest BCUT2D eigenvalue weighted by Gasteiger charge is -2.30. The Morgan fingerprint density at radius 3 is 2.23 bits per heavy atom. The fraction of sp³-hybridized carbons (Fsp3) is 0.385. The van der Waals surface area contributed by atoms with Gasteiger partial charge < -0.3 is 15.2 Å². The van der Waals surface area contributed by atoms with E-state index in [4.69, 9.17) is 4.74 Å². The zero-order valence-corrected chi connectivity index (χ0v) is 19.3. The summed E-state index contributed by atoms with van der Waals surface area (Å²) in [6, 6.07) is 12.8. The van der Waals surface area contributed by atoms with Crippen LogP contribution in [0.2, 0.25) is 0 Å². The van der Waals surface area contributed by atoms with Crippen LogP contribution in [0.15, 0.2) is 48.5 Å². The van der Waals surface area contributed by atoms with Gasteiger partial charge in [0.25, 0.3) is 5.91 Å². The highest BCUT2D eigenvalue weighted by atomic mass is 16.5. The van der Waals surface area contributed by atoms with Crippen molar-refractivity contribution in [2.45, 2.75) is 52.4 Å². The van der Waals surface area contributed by atoms with E-state index in [0.29, 0.717) is 24.3 Å². The lowest BCUT2D eigenvalue weighted by Crippen LogP contribution is -2.37. The molecule has 0 heterocycles. The number of hydrogen-bond donors (Lipinski definition) is 2. The van der Waals surface area contributed by atoms with E-state index >= 15 is 0 Å². The van der Waals surface area contributed by atoms with Crippen LogP contribution in [0.1, 0.15) is 68.6 Å². The molecule has 0 radical (unpaired) electrons. The number of esters is 1. The van der Waals surface area contributed by atoms with Gasteiger partial charge in [0, 0.05) is 34.7 Å². The van der Waals surface area contributed by atoms with E-state index in [0.717, 1.165) is 11.1 Å². The van der Waals surface area contributed by atoms with Crippen molar-refractivity contribution in [3.05, 3.63) is 70.8 Å². The van der Waals surface area contributed by atoms with Crippen molar-refractivity contribution in [1.82, 2.24) is 5.32 Å². The number of nitrogens with one attached hydrogen (secondary N) is 1. The van der Waals surface area contributed by atoms with E-state index in [-0.39, 0.29) is 17.1 Å². The number of carbonyl (C=O) groups excluding carboxylic acids is 2. The third-order valence-corrected chi connectivity index (χ3v) is 5.09. The van der Waals surface area contributed by atoms with Gasteiger partial charge in [-0.25, -0.2) is 4.79 Å². The molecule has 2 N–H and O–H groups in total. The van der Waals surface area contributed by atoms with E-state index in [1.807, 2.05) is 65.0 Å². The standard InChI is InChI=1S/C26H33NO4/c1-7-31-22(28)14-13-18-15-20(25(2,3)4)23(29)21(16-18)26(5,6)17-27-24(30)19-11-9-8-10-12-19/h8-16,29H,7,17H2,1-6H3,(H,27,30)/b14-13+. The van der Waals surface area contributed by atoms with Crippen molar-refractivity contribution >= 4 is 18.0 Å². The first kappa shape index (κ1) is 24.2. The summed E-state index contributed by atoms with van der Waals surface area (Å²) >= 11 is 0. The van der Waals surface area contributed by atoms with E-state index in [9.17, 15) is 14.7 Å². The van der Waals surface area contributed by atoms with Crippen molar-refractivity contribution in [2.24, 2.45) is 0 Å². The number of ether oxygens (including phenoxy) is 1. The summed E-state index contributed by atoms with van der Waals surface area (Å²) in [5, 5.41) is 14.1. The summed E-state index contributed by atoms with van der Waals surface area (Å²) < 4.78 is 4.97. The number of carbonyl (C=O) groups is 2. The predicted octanol–water partition coefficient (Wildman–Crippen LogP) is 4.97. The maximum absolute atomic E-state index is 12.5. The average molecular weight is 424 g/mol. The SMILES string of the molecule is CCOC(=O)/C=C/c1cc(C(C)(C)C)c(O)c(C(C)(C)CNC(=O)c2ccccc2)c1.